The number of ether oxygens (including phenoxy) is 1. The smallest absolute Gasteiger partial charge is 0.300 e. The zero-order valence-electron chi connectivity index (χ0n) is 19.2. The van der Waals surface area contributed by atoms with E-state index in [1.54, 1.807) is 18.2 Å². The van der Waals surface area contributed by atoms with Gasteiger partial charge in [-0.3, -0.25) is 19.5 Å². The van der Waals surface area contributed by atoms with Crippen molar-refractivity contribution in [2.24, 2.45) is 5.14 Å². The maximum atomic E-state index is 13.3. The van der Waals surface area contributed by atoms with Crippen molar-refractivity contribution in [3.8, 4) is 5.75 Å². The van der Waals surface area contributed by atoms with Gasteiger partial charge in [-0.15, -0.1) is 0 Å². The number of Topliss-reactive ketones (excluding diaryl/α,β-unsaturated/α-hetero) is 1. The largest absolute Gasteiger partial charge is 0.507 e. The van der Waals surface area contributed by atoms with Gasteiger partial charge in [0.2, 0.25) is 10.0 Å². The fourth-order valence-corrected chi connectivity index (χ4v) is 4.82. The highest BCUT2D eigenvalue weighted by Gasteiger charge is 2.47. The number of amides is 1. The van der Waals surface area contributed by atoms with Crippen molar-refractivity contribution < 1.29 is 27.9 Å². The Morgan fingerprint density at radius 2 is 1.69 bits per heavy atom. The van der Waals surface area contributed by atoms with Crippen molar-refractivity contribution in [1.29, 1.82) is 0 Å². The first-order valence-corrected chi connectivity index (χ1v) is 12.1. The number of aliphatic hydroxyl groups excluding tert-OH is 1. The lowest BCUT2D eigenvalue weighted by Gasteiger charge is -2.25. The molecule has 0 aliphatic carbocycles. The molecule has 1 saturated heterocycles. The Hall–Kier alpha value is -4.02. The van der Waals surface area contributed by atoms with Crippen LogP contribution < -0.4 is 14.8 Å². The molecule has 1 unspecified atom stereocenters. The molecule has 1 amide bonds. The standard InChI is InChI=1S/C25H23N3O6S/c1-14-12-15(2)24(34-3)19(13-14)22(29)20-21(16-8-10-27-11-9-16)28(25(31)23(20)30)17-4-6-18(7-5-17)35(26,32)33/h4-13,21,29H,1-3H3,(H2,26,32,33)/b22-20+. The summed E-state index contributed by atoms with van der Waals surface area (Å²) >= 11 is 0. The first-order valence-electron chi connectivity index (χ1n) is 10.5. The van der Waals surface area contributed by atoms with Gasteiger partial charge in [0, 0.05) is 18.1 Å². The highest BCUT2D eigenvalue weighted by atomic mass is 32.2. The van der Waals surface area contributed by atoms with Crippen LogP contribution in [0, 0.1) is 13.8 Å². The molecule has 0 radical (unpaired) electrons. The normalized spacial score (nSPS) is 17.6. The number of nitrogens with two attached hydrogens (primary N) is 1. The molecule has 2 aromatic carbocycles. The number of hydrogen-bond donors (Lipinski definition) is 2. The lowest BCUT2D eigenvalue weighted by molar-refractivity contribution is -0.132. The fraction of sp³-hybridized carbons (Fsp3) is 0.160. The summed E-state index contributed by atoms with van der Waals surface area (Å²) in [6, 6.07) is 11.1. The van der Waals surface area contributed by atoms with E-state index in [2.05, 4.69) is 4.98 Å². The molecule has 3 N–H and O–H groups in total. The topological polar surface area (TPSA) is 140 Å². The average molecular weight is 494 g/mol. The minimum absolute atomic E-state index is 0.125. The molecule has 0 spiro atoms. The van der Waals surface area contributed by atoms with E-state index >= 15 is 0 Å². The molecule has 35 heavy (non-hydrogen) atoms. The Labute approximate surface area is 202 Å². The monoisotopic (exact) mass is 493 g/mol. The fourth-order valence-electron chi connectivity index (χ4n) is 4.30. The molecule has 0 bridgehead atoms. The number of methoxy groups -OCH3 is 1. The SMILES string of the molecule is COc1c(C)cc(C)cc1/C(O)=C1\C(=O)C(=O)N(c2ccc(S(N)(=O)=O)cc2)C1c1ccncc1. The van der Waals surface area contributed by atoms with Gasteiger partial charge in [-0.2, -0.15) is 0 Å². The van der Waals surface area contributed by atoms with Gasteiger partial charge in [-0.1, -0.05) is 6.07 Å². The van der Waals surface area contributed by atoms with E-state index in [-0.39, 0.29) is 27.5 Å². The van der Waals surface area contributed by atoms with E-state index in [0.29, 0.717) is 11.3 Å². The van der Waals surface area contributed by atoms with Crippen LogP contribution in [0.1, 0.15) is 28.3 Å². The number of nitrogens with zero attached hydrogens (tertiary/aromatic N) is 2. The van der Waals surface area contributed by atoms with Crippen LogP contribution in [0.5, 0.6) is 5.75 Å². The van der Waals surface area contributed by atoms with Crippen LogP contribution in [0.25, 0.3) is 5.76 Å². The molecule has 1 aromatic heterocycles. The van der Waals surface area contributed by atoms with Crippen molar-refractivity contribution in [2.45, 2.75) is 24.8 Å². The van der Waals surface area contributed by atoms with Crippen LogP contribution in [-0.4, -0.2) is 37.3 Å². The van der Waals surface area contributed by atoms with Crippen molar-refractivity contribution in [1.82, 2.24) is 4.98 Å². The van der Waals surface area contributed by atoms with Crippen molar-refractivity contribution >= 4 is 33.2 Å². The van der Waals surface area contributed by atoms with Crippen LogP contribution in [-0.2, 0) is 19.6 Å². The van der Waals surface area contributed by atoms with Gasteiger partial charge in [0.05, 0.1) is 29.2 Å². The summed E-state index contributed by atoms with van der Waals surface area (Å²) < 4.78 is 28.8. The number of aliphatic hydroxyl groups is 1. The minimum Gasteiger partial charge on any atom is -0.507 e. The molecule has 1 aliphatic rings. The number of hydrogen-bond acceptors (Lipinski definition) is 7. The first kappa shape index (κ1) is 24.1. The Kier molecular flexibility index (Phi) is 6.18. The van der Waals surface area contributed by atoms with Crippen molar-refractivity contribution in [3.63, 3.8) is 0 Å². The third kappa shape index (κ3) is 4.29. The molecule has 1 aliphatic heterocycles. The molecule has 10 heteroatoms. The van der Waals surface area contributed by atoms with Crippen molar-refractivity contribution in [3.05, 3.63) is 88.8 Å². The van der Waals surface area contributed by atoms with Crippen LogP contribution in [0.3, 0.4) is 0 Å². The molecule has 1 fully saturated rings. The van der Waals surface area contributed by atoms with Crippen LogP contribution in [0.2, 0.25) is 0 Å². The van der Waals surface area contributed by atoms with Gasteiger partial charge in [0.15, 0.2) is 0 Å². The second-order valence-corrected chi connectivity index (χ2v) is 9.71. The van der Waals surface area contributed by atoms with E-state index in [1.165, 1.54) is 48.7 Å². The Bertz CT molecular complexity index is 1470. The number of aromatic nitrogens is 1. The maximum absolute atomic E-state index is 13.3. The van der Waals surface area contributed by atoms with E-state index in [0.717, 1.165) is 11.1 Å². The number of primary sulfonamides is 1. The average Bonchev–Trinajstić information content (AvgIpc) is 3.08. The van der Waals surface area contributed by atoms with E-state index in [1.807, 2.05) is 19.9 Å². The first-order chi connectivity index (χ1) is 16.5. The minimum atomic E-state index is -3.95. The third-order valence-corrected chi connectivity index (χ3v) is 6.72. The molecule has 9 nitrogen and oxygen atoms in total. The molecule has 3 aromatic rings. The summed E-state index contributed by atoms with van der Waals surface area (Å²) in [4.78, 5) is 31.6. The number of aryl methyl sites for hydroxylation is 2. The van der Waals surface area contributed by atoms with Gasteiger partial charge in [0.25, 0.3) is 11.7 Å². The van der Waals surface area contributed by atoms with E-state index in [4.69, 9.17) is 9.88 Å². The number of anilines is 1. The molecular weight excluding hydrogens is 470 g/mol. The number of ketones is 1. The Morgan fingerprint density at radius 1 is 1.06 bits per heavy atom. The van der Waals surface area contributed by atoms with Gasteiger partial charge < -0.3 is 9.84 Å². The molecule has 0 saturated carbocycles. The molecular formula is C25H23N3O6S. The van der Waals surface area contributed by atoms with Crippen molar-refractivity contribution in [2.75, 3.05) is 12.0 Å². The predicted molar refractivity (Wildman–Crippen MR) is 129 cm³/mol. The second-order valence-electron chi connectivity index (χ2n) is 8.15. The number of rotatable bonds is 5. The Morgan fingerprint density at radius 3 is 2.26 bits per heavy atom. The third-order valence-electron chi connectivity index (χ3n) is 5.79. The van der Waals surface area contributed by atoms with Gasteiger partial charge in [0.1, 0.15) is 11.5 Å². The van der Waals surface area contributed by atoms with Gasteiger partial charge in [-0.25, -0.2) is 13.6 Å². The molecule has 4 rings (SSSR count). The van der Waals surface area contributed by atoms with Gasteiger partial charge >= 0.3 is 0 Å². The highest BCUT2D eigenvalue weighted by Crippen LogP contribution is 2.43. The number of carbonyl (C=O) groups is 2. The predicted octanol–water partition coefficient (Wildman–Crippen LogP) is 2.98. The number of carbonyl (C=O) groups excluding carboxylic acids is 2. The summed E-state index contributed by atoms with van der Waals surface area (Å²) in [7, 11) is -2.49. The summed E-state index contributed by atoms with van der Waals surface area (Å²) in [5, 5.41) is 16.6. The van der Waals surface area contributed by atoms with Gasteiger partial charge in [-0.05, 0) is 73.0 Å². The summed E-state index contributed by atoms with van der Waals surface area (Å²) in [5.74, 6) is -1.76. The molecule has 180 valence electrons. The molecule has 1 atom stereocenters. The number of pyridine rings is 1. The van der Waals surface area contributed by atoms with Crippen LogP contribution >= 0.6 is 0 Å². The molecule has 2 heterocycles. The summed E-state index contributed by atoms with van der Waals surface area (Å²) in [5.41, 5.74) is 2.53. The lowest BCUT2D eigenvalue weighted by atomic mass is 9.94. The highest BCUT2D eigenvalue weighted by molar-refractivity contribution is 7.89. The van der Waals surface area contributed by atoms with Crippen LogP contribution in [0.4, 0.5) is 5.69 Å². The zero-order chi connectivity index (χ0) is 25.5. The second kappa shape index (κ2) is 8.97. The Balaban J connectivity index is 1.97. The number of sulfonamides is 1. The summed E-state index contributed by atoms with van der Waals surface area (Å²) in [6.07, 6.45) is 3.02. The summed E-state index contributed by atoms with van der Waals surface area (Å²) in [6.45, 7) is 3.66. The lowest BCUT2D eigenvalue weighted by Crippen LogP contribution is -2.29. The quantitative estimate of drug-likeness (QED) is 0.316. The van der Waals surface area contributed by atoms with E-state index in [9.17, 15) is 23.1 Å². The van der Waals surface area contributed by atoms with Crippen LogP contribution in [0.15, 0.2) is 71.4 Å². The maximum Gasteiger partial charge on any atom is 0.300 e. The number of benzene rings is 2. The van der Waals surface area contributed by atoms with E-state index < -0.39 is 27.8 Å². The zero-order valence-corrected chi connectivity index (χ0v) is 20.0.